The maximum atomic E-state index is 14.6. The van der Waals surface area contributed by atoms with Gasteiger partial charge >= 0.3 is 0 Å². The summed E-state index contributed by atoms with van der Waals surface area (Å²) in [6.45, 7) is 18.4. The van der Waals surface area contributed by atoms with Crippen molar-refractivity contribution in [2.24, 2.45) is 50.2 Å². The highest BCUT2D eigenvalue weighted by Gasteiger charge is 2.70. The summed E-state index contributed by atoms with van der Waals surface area (Å²) in [7, 11) is 0. The van der Waals surface area contributed by atoms with Gasteiger partial charge in [-0.1, -0.05) is 86.3 Å². The zero-order valence-electron chi connectivity index (χ0n) is 27.5. The number of nitrogens with zero attached hydrogens (tertiary/aromatic N) is 1. The largest absolute Gasteiger partial charge is 0.356 e. The first kappa shape index (κ1) is 31.2. The van der Waals surface area contributed by atoms with Crippen LogP contribution < -0.4 is 5.32 Å². The number of rotatable bonds is 6. The van der Waals surface area contributed by atoms with E-state index in [4.69, 9.17) is 0 Å². The number of Topliss-reactive ketones (excluding diaryl/α,β-unsaturated/α-hetero) is 1. The van der Waals surface area contributed by atoms with E-state index in [9.17, 15) is 19.6 Å². The molecule has 0 bridgehead atoms. The second-order valence-electron chi connectivity index (χ2n) is 16.7. The molecule has 0 radical (unpaired) electrons. The number of fused-ring (bicyclic) bond motifs is 7. The first-order chi connectivity index (χ1) is 19.5. The normalized spacial score (nSPS) is 41.6. The number of unbranched alkanes of at least 4 members (excludes halogenated alkanes) is 3. The van der Waals surface area contributed by atoms with E-state index in [0.717, 1.165) is 69.9 Å². The van der Waals surface area contributed by atoms with Gasteiger partial charge in [0.1, 0.15) is 6.07 Å². The minimum atomic E-state index is -0.665. The van der Waals surface area contributed by atoms with Crippen molar-refractivity contribution in [2.45, 2.75) is 126 Å². The Morgan fingerprint density at radius 2 is 1.67 bits per heavy atom. The minimum Gasteiger partial charge on any atom is -0.356 e. The number of hydrogen-bond acceptors (Lipinski definition) is 4. The summed E-state index contributed by atoms with van der Waals surface area (Å²) >= 11 is 0. The highest BCUT2D eigenvalue weighted by atomic mass is 16.2. The number of allylic oxidation sites excluding steroid dienone is 4. The highest BCUT2D eigenvalue weighted by Crippen LogP contribution is 2.74. The summed E-state index contributed by atoms with van der Waals surface area (Å²) in [5, 5.41) is 13.3. The van der Waals surface area contributed by atoms with Crippen molar-refractivity contribution in [2.75, 3.05) is 6.54 Å². The van der Waals surface area contributed by atoms with Gasteiger partial charge in [0.25, 0.3) is 0 Å². The molecule has 0 aromatic heterocycles. The third kappa shape index (κ3) is 4.24. The molecule has 5 heteroatoms. The molecule has 5 nitrogen and oxygen atoms in total. The van der Waals surface area contributed by atoms with E-state index in [-0.39, 0.29) is 57.0 Å². The standard InChI is InChI=1S/C37H54N2O3/c1-9-10-11-12-19-39-31(42)37-17-15-32(2,3)22-25(37)29-26(40)20-28-34(6)21-24(23-38)30(41)33(4,5)27(34)13-14-35(28,7)36(29,8)16-18-37/h20-21,25,27,29H,9-19,22H2,1-8H3,(H,39,42)/t25?,27-,29?,34-,35+,36+,37-/m0/s1. The summed E-state index contributed by atoms with van der Waals surface area (Å²) < 4.78 is 0. The Morgan fingerprint density at radius 3 is 2.33 bits per heavy atom. The fourth-order valence-electron chi connectivity index (χ4n) is 11.0. The van der Waals surface area contributed by atoms with E-state index in [2.05, 4.69) is 52.9 Å². The maximum absolute atomic E-state index is 14.6. The van der Waals surface area contributed by atoms with Crippen molar-refractivity contribution in [3.8, 4) is 6.07 Å². The molecule has 0 heterocycles. The third-order valence-corrected chi connectivity index (χ3v) is 13.6. The Balaban J connectivity index is 1.58. The predicted octanol–water partition coefficient (Wildman–Crippen LogP) is 7.90. The van der Waals surface area contributed by atoms with Crippen LogP contribution in [0.5, 0.6) is 0 Å². The smallest absolute Gasteiger partial charge is 0.226 e. The molecular weight excluding hydrogens is 520 g/mol. The second kappa shape index (κ2) is 10.2. The highest BCUT2D eigenvalue weighted by molar-refractivity contribution is 6.04. The lowest BCUT2D eigenvalue weighted by molar-refractivity contribution is -0.178. The van der Waals surface area contributed by atoms with E-state index in [0.29, 0.717) is 0 Å². The average molecular weight is 575 g/mol. The Hall–Kier alpha value is -2.22. The van der Waals surface area contributed by atoms with Crippen LogP contribution in [0, 0.1) is 61.6 Å². The van der Waals surface area contributed by atoms with Crippen molar-refractivity contribution in [1.29, 1.82) is 5.26 Å². The molecule has 5 aliphatic rings. The van der Waals surface area contributed by atoms with Crippen LogP contribution in [0.25, 0.3) is 0 Å². The zero-order chi connectivity index (χ0) is 30.9. The van der Waals surface area contributed by atoms with Crippen LogP contribution in [0.4, 0.5) is 0 Å². The first-order valence-electron chi connectivity index (χ1n) is 16.8. The van der Waals surface area contributed by atoms with Gasteiger partial charge in [0.15, 0.2) is 11.6 Å². The van der Waals surface area contributed by atoms with Crippen LogP contribution in [0.2, 0.25) is 0 Å². The van der Waals surface area contributed by atoms with Crippen molar-refractivity contribution in [3.05, 3.63) is 23.3 Å². The number of ketones is 2. The molecule has 42 heavy (non-hydrogen) atoms. The first-order valence-corrected chi connectivity index (χ1v) is 16.8. The Morgan fingerprint density at radius 1 is 0.976 bits per heavy atom. The fraction of sp³-hybridized carbons (Fsp3) is 0.784. The summed E-state index contributed by atoms with van der Waals surface area (Å²) in [5.41, 5.74) is -0.803. The van der Waals surface area contributed by atoms with Gasteiger partial charge in [0.05, 0.1) is 11.0 Å². The fourth-order valence-corrected chi connectivity index (χ4v) is 11.0. The number of nitriles is 1. The van der Waals surface area contributed by atoms with Gasteiger partial charge in [-0.25, -0.2) is 0 Å². The molecule has 7 atom stereocenters. The van der Waals surface area contributed by atoms with E-state index >= 15 is 0 Å². The summed E-state index contributed by atoms with van der Waals surface area (Å²) in [6, 6.07) is 2.20. The van der Waals surface area contributed by atoms with E-state index in [1.807, 2.05) is 26.0 Å². The summed E-state index contributed by atoms with van der Waals surface area (Å²) in [5.74, 6) is 0.114. The lowest BCUT2D eigenvalue weighted by Crippen LogP contribution is -2.66. The zero-order valence-corrected chi connectivity index (χ0v) is 27.5. The molecular formula is C37H54N2O3. The van der Waals surface area contributed by atoms with Crippen molar-refractivity contribution < 1.29 is 14.4 Å². The van der Waals surface area contributed by atoms with Gasteiger partial charge in [-0.05, 0) is 85.5 Å². The molecule has 3 fully saturated rings. The van der Waals surface area contributed by atoms with Crippen LogP contribution in [0.1, 0.15) is 126 Å². The Labute approximate surface area is 254 Å². The van der Waals surface area contributed by atoms with Gasteiger partial charge in [-0.2, -0.15) is 5.26 Å². The van der Waals surface area contributed by atoms with Crippen molar-refractivity contribution in [1.82, 2.24) is 5.32 Å². The average Bonchev–Trinajstić information content (AvgIpc) is 2.91. The molecule has 0 saturated heterocycles. The topological polar surface area (TPSA) is 87.0 Å². The van der Waals surface area contributed by atoms with Crippen LogP contribution in [-0.2, 0) is 14.4 Å². The number of hydrogen-bond donors (Lipinski definition) is 1. The van der Waals surface area contributed by atoms with Crippen LogP contribution in [-0.4, -0.2) is 24.0 Å². The molecule has 1 amide bonds. The molecule has 0 aromatic rings. The number of nitrogens with one attached hydrogen (secondary N) is 1. The van der Waals surface area contributed by atoms with Crippen LogP contribution >= 0.6 is 0 Å². The number of carbonyl (C=O) groups excluding carboxylic acids is 3. The van der Waals surface area contributed by atoms with Crippen LogP contribution in [0.15, 0.2) is 23.3 Å². The Kier molecular flexibility index (Phi) is 7.56. The molecule has 5 rings (SSSR count). The molecule has 0 aromatic carbocycles. The second-order valence-corrected chi connectivity index (χ2v) is 16.7. The maximum Gasteiger partial charge on any atom is 0.226 e. The summed E-state index contributed by atoms with van der Waals surface area (Å²) in [4.78, 5) is 42.1. The molecule has 5 aliphatic carbocycles. The summed E-state index contributed by atoms with van der Waals surface area (Å²) in [6.07, 6.45) is 14.6. The van der Waals surface area contributed by atoms with E-state index < -0.39 is 16.2 Å². The van der Waals surface area contributed by atoms with E-state index in [1.54, 1.807) is 0 Å². The van der Waals surface area contributed by atoms with Gasteiger partial charge in [0.2, 0.25) is 5.91 Å². The molecule has 0 aliphatic heterocycles. The SMILES string of the molecule is CCCCCCNC(=O)[C@]12CCC(C)(C)CC1C1C(=O)C=C3[C@@]4(C)C=C(C#N)C(=O)C(C)(C)[C@@H]4CC[C@@]3(C)[C@]1(C)CC2. The van der Waals surface area contributed by atoms with Crippen LogP contribution in [0.3, 0.4) is 0 Å². The van der Waals surface area contributed by atoms with Crippen molar-refractivity contribution >= 4 is 17.5 Å². The van der Waals surface area contributed by atoms with Gasteiger partial charge < -0.3 is 5.32 Å². The molecule has 0 spiro atoms. The number of amides is 1. The monoisotopic (exact) mass is 574 g/mol. The molecule has 1 N–H and O–H groups in total. The molecule has 3 saturated carbocycles. The minimum absolute atomic E-state index is 0.0119. The van der Waals surface area contributed by atoms with Gasteiger partial charge in [-0.15, -0.1) is 0 Å². The lowest BCUT2D eigenvalue weighted by Gasteiger charge is -2.69. The molecule has 230 valence electrons. The lowest BCUT2D eigenvalue weighted by atomic mass is 9.34. The third-order valence-electron chi connectivity index (χ3n) is 13.6. The van der Waals surface area contributed by atoms with E-state index in [1.165, 1.54) is 12.8 Å². The number of carbonyl (C=O) groups is 3. The van der Waals surface area contributed by atoms with Gasteiger partial charge in [0, 0.05) is 23.3 Å². The Bertz CT molecular complexity index is 1280. The predicted molar refractivity (Wildman–Crippen MR) is 166 cm³/mol. The van der Waals surface area contributed by atoms with Crippen molar-refractivity contribution in [3.63, 3.8) is 0 Å². The molecule has 2 unspecified atom stereocenters. The quantitative estimate of drug-likeness (QED) is 0.327. The van der Waals surface area contributed by atoms with Gasteiger partial charge in [-0.3, -0.25) is 14.4 Å².